The molecule has 5 nitrogen and oxygen atoms in total. The lowest BCUT2D eigenvalue weighted by Crippen LogP contribution is -1.95. The van der Waals surface area contributed by atoms with Crippen LogP contribution in [0.25, 0.3) is 0 Å². The molecule has 1 N–H and O–H groups in total. The quantitative estimate of drug-likeness (QED) is 0.400. The molecule has 0 aromatic heterocycles. The predicted molar refractivity (Wildman–Crippen MR) is 52.6 cm³/mol. The molecule has 7 heteroatoms. The lowest BCUT2D eigenvalue weighted by molar-refractivity contribution is -0.136. The molecule has 0 saturated heterocycles. The molecule has 0 saturated carbocycles. The van der Waals surface area contributed by atoms with Crippen molar-refractivity contribution < 1.29 is 14.7 Å². The third-order valence-corrected chi connectivity index (χ3v) is 3.39. The van der Waals surface area contributed by atoms with E-state index in [1.54, 1.807) is 0 Å². The second-order valence-corrected chi connectivity index (χ2v) is 4.72. The molecule has 0 bridgehead atoms. The molecule has 1 amide bonds. The van der Waals surface area contributed by atoms with Crippen molar-refractivity contribution in [1.82, 2.24) is 0 Å². The fraction of sp³-hybridized carbons (Fsp3) is 0.667. The van der Waals surface area contributed by atoms with E-state index in [1.807, 2.05) is 0 Å². The second kappa shape index (κ2) is 8.06. The van der Waals surface area contributed by atoms with E-state index in [0.717, 1.165) is 0 Å². The van der Waals surface area contributed by atoms with Crippen LogP contribution in [-0.2, 0) is 9.59 Å². The van der Waals surface area contributed by atoms with E-state index in [0.29, 0.717) is 11.5 Å². The highest BCUT2D eigenvalue weighted by atomic mass is 33.1. The maximum absolute atomic E-state index is 10.4. The van der Waals surface area contributed by atoms with Crippen LogP contribution in [0.15, 0.2) is 5.18 Å². The van der Waals surface area contributed by atoms with E-state index in [-0.39, 0.29) is 12.8 Å². The number of carbonyl (C=O) groups excluding carboxylic acids is 1. The van der Waals surface area contributed by atoms with Gasteiger partial charge in [-0.1, -0.05) is 21.6 Å². The number of rotatable bonds is 7. The Balaban J connectivity index is 3.12. The maximum atomic E-state index is 10.4. The van der Waals surface area contributed by atoms with Gasteiger partial charge in [0.05, 0.1) is 6.42 Å². The monoisotopic (exact) mass is 223 g/mol. The first kappa shape index (κ1) is 12.4. The zero-order valence-corrected chi connectivity index (χ0v) is 8.40. The first-order valence-corrected chi connectivity index (χ1v) is 5.98. The van der Waals surface area contributed by atoms with Crippen LogP contribution in [0.5, 0.6) is 0 Å². The minimum atomic E-state index is -0.835. The number of carboxylic acids is 1. The number of hydrogen-bond acceptors (Lipinski definition) is 5. The number of hydrogen-bond donors (Lipinski definition) is 1. The standard InChI is InChI=1S/C6H9NO4S2/c8-5(7-11)1-3-12-13-4-2-6(9)10/h1-4H2,(H,9,10). The van der Waals surface area contributed by atoms with Gasteiger partial charge in [0.2, 0.25) is 0 Å². The summed E-state index contributed by atoms with van der Waals surface area (Å²) >= 11 is 0. The van der Waals surface area contributed by atoms with Crippen LogP contribution < -0.4 is 0 Å². The lowest BCUT2D eigenvalue weighted by atomic mass is 10.5. The minimum Gasteiger partial charge on any atom is -0.481 e. The highest BCUT2D eigenvalue weighted by Gasteiger charge is 2.01. The van der Waals surface area contributed by atoms with Crippen LogP contribution in [0.2, 0.25) is 0 Å². The van der Waals surface area contributed by atoms with Crippen molar-refractivity contribution >= 4 is 33.5 Å². The lowest BCUT2D eigenvalue weighted by Gasteiger charge is -1.95. The van der Waals surface area contributed by atoms with Crippen molar-refractivity contribution in [2.45, 2.75) is 12.8 Å². The van der Waals surface area contributed by atoms with Crippen LogP contribution in [0, 0.1) is 4.91 Å². The smallest absolute Gasteiger partial charge is 0.304 e. The molecule has 0 rings (SSSR count). The maximum Gasteiger partial charge on any atom is 0.304 e. The fourth-order valence-corrected chi connectivity index (χ4v) is 2.38. The third-order valence-electron chi connectivity index (χ3n) is 0.984. The van der Waals surface area contributed by atoms with E-state index in [2.05, 4.69) is 5.18 Å². The SMILES string of the molecule is O=NC(=O)CCSSCCC(=O)O. The van der Waals surface area contributed by atoms with Crippen LogP contribution in [0.1, 0.15) is 12.8 Å². The van der Waals surface area contributed by atoms with Gasteiger partial charge in [0.15, 0.2) is 0 Å². The summed E-state index contributed by atoms with van der Waals surface area (Å²) in [5, 5.41) is 10.5. The predicted octanol–water partition coefficient (Wildman–Crippen LogP) is 1.53. The van der Waals surface area contributed by atoms with E-state index >= 15 is 0 Å². The molecule has 0 atom stereocenters. The number of carboxylic acid groups (broad SMARTS) is 1. The molecule has 0 aliphatic rings. The molecule has 0 unspecified atom stereocenters. The molecule has 74 valence electrons. The number of amides is 1. The van der Waals surface area contributed by atoms with Gasteiger partial charge in [0.1, 0.15) is 0 Å². The Morgan fingerprint density at radius 1 is 1.15 bits per heavy atom. The van der Waals surface area contributed by atoms with Gasteiger partial charge in [-0.3, -0.25) is 9.59 Å². The van der Waals surface area contributed by atoms with E-state index < -0.39 is 11.9 Å². The topological polar surface area (TPSA) is 83.8 Å². The Hall–Kier alpha value is -0.560. The molecule has 0 spiro atoms. The van der Waals surface area contributed by atoms with Gasteiger partial charge < -0.3 is 5.11 Å². The van der Waals surface area contributed by atoms with Crippen molar-refractivity contribution in [2.24, 2.45) is 5.18 Å². The van der Waals surface area contributed by atoms with Crippen molar-refractivity contribution in [1.29, 1.82) is 0 Å². The number of nitroso groups, excluding NO2 is 1. The van der Waals surface area contributed by atoms with Crippen molar-refractivity contribution in [3.63, 3.8) is 0 Å². The largest absolute Gasteiger partial charge is 0.481 e. The summed E-state index contributed by atoms with van der Waals surface area (Å²) < 4.78 is 0. The highest BCUT2D eigenvalue weighted by Crippen LogP contribution is 2.22. The number of nitrogens with zero attached hydrogens (tertiary/aromatic N) is 1. The van der Waals surface area contributed by atoms with Crippen LogP contribution in [0.4, 0.5) is 0 Å². The van der Waals surface area contributed by atoms with Gasteiger partial charge in [0, 0.05) is 23.1 Å². The molecule has 0 aromatic rings. The number of carbonyl (C=O) groups is 2. The summed E-state index contributed by atoms with van der Waals surface area (Å²) in [5.74, 6) is -0.498. The summed E-state index contributed by atoms with van der Waals surface area (Å²) in [5.41, 5.74) is 0. The average Bonchev–Trinajstić information content (AvgIpc) is 2.10. The zero-order valence-electron chi connectivity index (χ0n) is 6.76. The van der Waals surface area contributed by atoms with Crippen LogP contribution in [0.3, 0.4) is 0 Å². The minimum absolute atomic E-state index is 0.109. The summed E-state index contributed by atoms with van der Waals surface area (Å²) in [7, 11) is 2.75. The molecule has 13 heavy (non-hydrogen) atoms. The molecule has 0 fully saturated rings. The van der Waals surface area contributed by atoms with Crippen molar-refractivity contribution in [3.05, 3.63) is 4.91 Å². The zero-order chi connectivity index (χ0) is 10.1. The number of aliphatic carboxylic acids is 1. The Bertz CT molecular complexity index is 197. The van der Waals surface area contributed by atoms with Gasteiger partial charge in [-0.25, -0.2) is 0 Å². The first-order valence-electron chi connectivity index (χ1n) is 3.49. The molecule has 0 heterocycles. The van der Waals surface area contributed by atoms with Crippen molar-refractivity contribution in [3.8, 4) is 0 Å². The van der Waals surface area contributed by atoms with Crippen molar-refractivity contribution in [2.75, 3.05) is 11.5 Å². The average molecular weight is 223 g/mol. The summed E-state index contributed by atoms with van der Waals surface area (Å²) in [4.78, 5) is 30.0. The first-order chi connectivity index (χ1) is 6.16. The van der Waals surface area contributed by atoms with Crippen LogP contribution >= 0.6 is 21.6 Å². The summed E-state index contributed by atoms with van der Waals surface area (Å²) in [6.45, 7) is 0. The summed E-state index contributed by atoms with van der Waals surface area (Å²) in [6, 6.07) is 0. The Kier molecular flexibility index (Phi) is 7.71. The van der Waals surface area contributed by atoms with E-state index in [4.69, 9.17) is 5.11 Å². The van der Waals surface area contributed by atoms with Gasteiger partial charge in [-0.15, -0.1) is 4.91 Å². The highest BCUT2D eigenvalue weighted by molar-refractivity contribution is 8.76. The van der Waals surface area contributed by atoms with E-state index in [1.165, 1.54) is 21.6 Å². The van der Waals surface area contributed by atoms with Gasteiger partial charge in [-0.2, -0.15) is 0 Å². The van der Waals surface area contributed by atoms with Gasteiger partial charge >= 0.3 is 5.97 Å². The molecule has 0 aliphatic carbocycles. The molecular formula is C6H9NO4S2. The van der Waals surface area contributed by atoms with Crippen LogP contribution in [-0.4, -0.2) is 28.5 Å². The fourth-order valence-electron chi connectivity index (χ4n) is 0.421. The third kappa shape index (κ3) is 9.35. The summed E-state index contributed by atoms with van der Waals surface area (Å²) in [6.07, 6.45) is 0.228. The van der Waals surface area contributed by atoms with E-state index in [9.17, 15) is 14.5 Å². The molecular weight excluding hydrogens is 214 g/mol. The normalized spacial score (nSPS) is 9.54. The van der Waals surface area contributed by atoms with Gasteiger partial charge in [0.25, 0.3) is 5.91 Å². The molecule has 0 aromatic carbocycles. The Labute approximate surface area is 83.0 Å². The molecule has 0 aliphatic heterocycles. The Morgan fingerprint density at radius 3 is 2.15 bits per heavy atom. The second-order valence-electron chi connectivity index (χ2n) is 2.02. The Morgan fingerprint density at radius 2 is 1.69 bits per heavy atom. The molecule has 0 radical (unpaired) electrons. The van der Waals surface area contributed by atoms with Gasteiger partial charge in [-0.05, 0) is 0 Å².